The number of benzene rings is 2. The minimum absolute atomic E-state index is 0.808. The maximum atomic E-state index is 5.27. The summed E-state index contributed by atoms with van der Waals surface area (Å²) in [6.07, 6.45) is 9.97. The Bertz CT molecular complexity index is 1320. The SMILES string of the molecule is COc1ccc(Cn2cc(C)c3c(-n4cnc(-c5cnn(C)c5)c4)cccc32)cc1. The third kappa shape index (κ3) is 3.16. The fourth-order valence-corrected chi connectivity index (χ4v) is 3.97. The zero-order valence-corrected chi connectivity index (χ0v) is 17.3. The van der Waals surface area contributed by atoms with E-state index >= 15 is 0 Å². The molecule has 0 aliphatic carbocycles. The van der Waals surface area contributed by atoms with Gasteiger partial charge < -0.3 is 13.9 Å². The largest absolute Gasteiger partial charge is 0.497 e. The van der Waals surface area contributed by atoms with Gasteiger partial charge in [0.2, 0.25) is 0 Å². The van der Waals surface area contributed by atoms with Gasteiger partial charge in [0.05, 0.1) is 36.5 Å². The van der Waals surface area contributed by atoms with Gasteiger partial charge in [-0.15, -0.1) is 0 Å². The molecule has 0 radical (unpaired) electrons. The molecular weight excluding hydrogens is 374 g/mol. The fourth-order valence-electron chi connectivity index (χ4n) is 3.97. The van der Waals surface area contributed by atoms with Crippen LogP contribution in [0.15, 0.2) is 73.6 Å². The molecule has 150 valence electrons. The van der Waals surface area contributed by atoms with Crippen molar-refractivity contribution in [1.82, 2.24) is 23.9 Å². The number of aryl methyl sites for hydroxylation is 2. The van der Waals surface area contributed by atoms with E-state index in [0.29, 0.717) is 0 Å². The standard InChI is InChI=1S/C24H23N5O/c1-17-12-28(13-18-7-9-20(30-3)10-8-18)22-5-4-6-23(24(17)22)29-15-21(25-16-29)19-11-26-27(2)14-19/h4-12,14-16H,13H2,1-3H3. The first-order valence-corrected chi connectivity index (χ1v) is 9.87. The second-order valence-electron chi connectivity index (χ2n) is 7.53. The van der Waals surface area contributed by atoms with Gasteiger partial charge in [0.25, 0.3) is 0 Å². The maximum absolute atomic E-state index is 5.27. The van der Waals surface area contributed by atoms with Crippen LogP contribution in [-0.2, 0) is 13.6 Å². The Morgan fingerprint density at radius 1 is 1.00 bits per heavy atom. The average Bonchev–Trinajstić information content (AvgIpc) is 3.48. The van der Waals surface area contributed by atoms with Crippen LogP contribution < -0.4 is 4.74 Å². The summed E-state index contributed by atoms with van der Waals surface area (Å²) in [7, 11) is 3.60. The summed E-state index contributed by atoms with van der Waals surface area (Å²) in [6, 6.07) is 14.6. The Balaban J connectivity index is 1.54. The molecule has 2 aromatic carbocycles. The normalized spacial score (nSPS) is 11.3. The lowest BCUT2D eigenvalue weighted by molar-refractivity contribution is 0.414. The van der Waals surface area contributed by atoms with Crippen LogP contribution in [0.1, 0.15) is 11.1 Å². The molecular formula is C24H23N5O. The number of imidazole rings is 1. The Morgan fingerprint density at radius 3 is 2.57 bits per heavy atom. The third-order valence-corrected chi connectivity index (χ3v) is 5.45. The molecule has 0 saturated heterocycles. The number of nitrogens with zero attached hydrogens (tertiary/aromatic N) is 5. The van der Waals surface area contributed by atoms with Crippen molar-refractivity contribution in [3.63, 3.8) is 0 Å². The molecule has 0 saturated carbocycles. The summed E-state index contributed by atoms with van der Waals surface area (Å²) in [6.45, 7) is 2.97. The highest BCUT2D eigenvalue weighted by atomic mass is 16.5. The van der Waals surface area contributed by atoms with E-state index in [2.05, 4.69) is 68.9 Å². The molecule has 3 aromatic heterocycles. The van der Waals surface area contributed by atoms with E-state index in [4.69, 9.17) is 4.74 Å². The van der Waals surface area contributed by atoms with Crippen molar-refractivity contribution < 1.29 is 4.74 Å². The lowest BCUT2D eigenvalue weighted by Crippen LogP contribution is -1.98. The predicted molar refractivity (Wildman–Crippen MR) is 118 cm³/mol. The van der Waals surface area contributed by atoms with E-state index in [9.17, 15) is 0 Å². The van der Waals surface area contributed by atoms with Crippen LogP contribution in [0.25, 0.3) is 27.8 Å². The van der Waals surface area contributed by atoms with Gasteiger partial charge in [-0.2, -0.15) is 5.10 Å². The topological polar surface area (TPSA) is 49.8 Å². The fraction of sp³-hybridized carbons (Fsp3) is 0.167. The van der Waals surface area contributed by atoms with Crippen molar-refractivity contribution in [3.05, 3.63) is 84.7 Å². The molecule has 5 rings (SSSR count). The Kier molecular flexibility index (Phi) is 4.39. The van der Waals surface area contributed by atoms with Gasteiger partial charge in [0, 0.05) is 43.1 Å². The summed E-state index contributed by atoms with van der Waals surface area (Å²) < 4.78 is 11.5. The number of fused-ring (bicyclic) bond motifs is 1. The molecule has 0 aliphatic heterocycles. The average molecular weight is 397 g/mol. The van der Waals surface area contributed by atoms with Crippen molar-refractivity contribution in [1.29, 1.82) is 0 Å². The summed E-state index contributed by atoms with van der Waals surface area (Å²) >= 11 is 0. The van der Waals surface area contributed by atoms with Crippen LogP contribution in [-0.4, -0.2) is 31.0 Å². The number of aromatic nitrogens is 5. The van der Waals surface area contributed by atoms with Crippen LogP contribution in [0.2, 0.25) is 0 Å². The first-order valence-electron chi connectivity index (χ1n) is 9.87. The Hall–Kier alpha value is -3.80. The van der Waals surface area contributed by atoms with Crippen molar-refractivity contribution >= 4 is 10.9 Å². The molecule has 0 amide bonds. The number of hydrogen-bond acceptors (Lipinski definition) is 3. The summed E-state index contributed by atoms with van der Waals surface area (Å²) in [5, 5.41) is 5.49. The second kappa shape index (κ2) is 7.22. The first kappa shape index (κ1) is 18.2. The van der Waals surface area contributed by atoms with Gasteiger partial charge in [-0.3, -0.25) is 4.68 Å². The molecule has 0 atom stereocenters. The molecule has 0 bridgehead atoms. The lowest BCUT2D eigenvalue weighted by atomic mass is 10.1. The van der Waals surface area contributed by atoms with Crippen molar-refractivity contribution in [2.45, 2.75) is 13.5 Å². The Morgan fingerprint density at radius 2 is 1.83 bits per heavy atom. The van der Waals surface area contributed by atoms with Crippen LogP contribution in [0.5, 0.6) is 5.75 Å². The Labute approximate surface area is 175 Å². The van der Waals surface area contributed by atoms with Gasteiger partial charge in [-0.25, -0.2) is 4.98 Å². The van der Waals surface area contributed by atoms with Gasteiger partial charge in [-0.1, -0.05) is 18.2 Å². The van der Waals surface area contributed by atoms with Crippen LogP contribution in [0.4, 0.5) is 0 Å². The van der Waals surface area contributed by atoms with Crippen LogP contribution in [0, 0.1) is 6.92 Å². The highest BCUT2D eigenvalue weighted by Crippen LogP contribution is 2.29. The van der Waals surface area contributed by atoms with Crippen LogP contribution in [0.3, 0.4) is 0 Å². The monoisotopic (exact) mass is 397 g/mol. The molecule has 0 aliphatic rings. The van der Waals surface area contributed by atoms with E-state index in [1.807, 2.05) is 37.9 Å². The minimum atomic E-state index is 0.808. The molecule has 6 nitrogen and oxygen atoms in total. The zero-order valence-electron chi connectivity index (χ0n) is 17.3. The molecule has 0 N–H and O–H groups in total. The third-order valence-electron chi connectivity index (χ3n) is 5.45. The quantitative estimate of drug-likeness (QED) is 0.436. The molecule has 3 heterocycles. The molecule has 0 spiro atoms. The summed E-state index contributed by atoms with van der Waals surface area (Å²) in [5.41, 5.74) is 6.73. The smallest absolute Gasteiger partial charge is 0.118 e. The van der Waals surface area contributed by atoms with E-state index in [0.717, 1.165) is 29.2 Å². The molecule has 6 heteroatoms. The number of hydrogen-bond donors (Lipinski definition) is 0. The summed E-state index contributed by atoms with van der Waals surface area (Å²) in [4.78, 5) is 4.59. The van der Waals surface area contributed by atoms with Crippen molar-refractivity contribution in [2.75, 3.05) is 7.11 Å². The highest BCUT2D eigenvalue weighted by molar-refractivity contribution is 5.92. The molecule has 0 unspecified atom stereocenters. The van der Waals surface area contributed by atoms with Gasteiger partial charge in [0.1, 0.15) is 5.75 Å². The van der Waals surface area contributed by atoms with Crippen LogP contribution >= 0.6 is 0 Å². The first-order chi connectivity index (χ1) is 14.6. The maximum Gasteiger partial charge on any atom is 0.118 e. The second-order valence-corrected chi connectivity index (χ2v) is 7.53. The van der Waals surface area contributed by atoms with Crippen molar-refractivity contribution in [3.8, 4) is 22.7 Å². The summed E-state index contributed by atoms with van der Waals surface area (Å²) in [5.74, 6) is 0.874. The van der Waals surface area contributed by atoms with E-state index in [1.165, 1.54) is 22.0 Å². The number of methoxy groups -OCH3 is 1. The van der Waals surface area contributed by atoms with Crippen molar-refractivity contribution in [2.24, 2.45) is 7.05 Å². The lowest BCUT2D eigenvalue weighted by Gasteiger charge is -2.09. The molecule has 0 fully saturated rings. The van der Waals surface area contributed by atoms with E-state index in [1.54, 1.807) is 11.8 Å². The van der Waals surface area contributed by atoms with Gasteiger partial charge in [0.15, 0.2) is 0 Å². The highest BCUT2D eigenvalue weighted by Gasteiger charge is 2.13. The molecule has 30 heavy (non-hydrogen) atoms. The zero-order chi connectivity index (χ0) is 20.7. The van der Waals surface area contributed by atoms with E-state index in [-0.39, 0.29) is 0 Å². The van der Waals surface area contributed by atoms with Gasteiger partial charge in [-0.05, 0) is 42.3 Å². The number of ether oxygens (including phenoxy) is 1. The molecule has 5 aromatic rings. The van der Waals surface area contributed by atoms with E-state index < -0.39 is 0 Å². The number of rotatable bonds is 5. The minimum Gasteiger partial charge on any atom is -0.497 e. The van der Waals surface area contributed by atoms with Gasteiger partial charge >= 0.3 is 0 Å². The predicted octanol–water partition coefficient (Wildman–Crippen LogP) is 4.59.